The molecule has 3 N–H and O–H groups in total. The monoisotopic (exact) mass is 291 g/mol. The molecule has 21 heavy (non-hydrogen) atoms. The first-order valence-corrected chi connectivity index (χ1v) is 8.26. The molecule has 0 heterocycles. The van der Waals surface area contributed by atoms with Gasteiger partial charge in [-0.3, -0.25) is 0 Å². The van der Waals surface area contributed by atoms with Crippen LogP contribution in [0.25, 0.3) is 0 Å². The Labute approximate surface area is 130 Å². The Kier molecular flexibility index (Phi) is 5.86. The molecule has 0 aliphatic heterocycles. The Morgan fingerprint density at radius 3 is 1.57 bits per heavy atom. The first-order chi connectivity index (χ1) is 9.69. The fraction of sp³-hybridized carbons (Fsp3) is 0.684. The molecule has 0 amide bonds. The van der Waals surface area contributed by atoms with Gasteiger partial charge in [-0.05, 0) is 29.2 Å². The van der Waals surface area contributed by atoms with Gasteiger partial charge in [-0.2, -0.15) is 0 Å². The summed E-state index contributed by atoms with van der Waals surface area (Å²) in [6.07, 6.45) is 4.32. The Hall–Kier alpha value is -1.02. The first-order valence-electron chi connectivity index (χ1n) is 8.26. The molecule has 1 aromatic rings. The van der Waals surface area contributed by atoms with Gasteiger partial charge in [-0.1, -0.05) is 66.5 Å². The van der Waals surface area contributed by atoms with E-state index < -0.39 is 0 Å². The van der Waals surface area contributed by atoms with Crippen molar-refractivity contribution >= 4 is 0 Å². The number of hydrogen-bond acceptors (Lipinski definition) is 2. The highest BCUT2D eigenvalue weighted by Gasteiger charge is 2.30. The highest BCUT2D eigenvalue weighted by atomic mass is 16.3. The van der Waals surface area contributed by atoms with E-state index in [1.54, 1.807) is 0 Å². The fourth-order valence-electron chi connectivity index (χ4n) is 3.36. The largest absolute Gasteiger partial charge is 0.507 e. The van der Waals surface area contributed by atoms with Crippen molar-refractivity contribution in [2.75, 3.05) is 0 Å². The van der Waals surface area contributed by atoms with E-state index in [9.17, 15) is 5.11 Å². The normalized spacial score (nSPS) is 12.7. The van der Waals surface area contributed by atoms with E-state index in [-0.39, 0.29) is 10.8 Å². The molecule has 0 aromatic heterocycles. The third kappa shape index (κ3) is 4.00. The summed E-state index contributed by atoms with van der Waals surface area (Å²) in [5.74, 6) is 0.476. The average molecular weight is 291 g/mol. The van der Waals surface area contributed by atoms with Crippen LogP contribution >= 0.6 is 0 Å². The molecule has 0 radical (unpaired) electrons. The number of nitrogens with two attached hydrogens (primary N) is 1. The summed E-state index contributed by atoms with van der Waals surface area (Å²) in [7, 11) is 0. The lowest BCUT2D eigenvalue weighted by molar-refractivity contribution is 0.388. The lowest BCUT2D eigenvalue weighted by Gasteiger charge is -2.32. The minimum atomic E-state index is -0.0267. The number of phenolic OH excluding ortho intramolecular Hbond substituents is 1. The Morgan fingerprint density at radius 2 is 1.29 bits per heavy atom. The van der Waals surface area contributed by atoms with Gasteiger partial charge < -0.3 is 10.8 Å². The van der Waals surface area contributed by atoms with Crippen LogP contribution in [-0.2, 0) is 17.4 Å². The number of rotatable bonds is 7. The minimum Gasteiger partial charge on any atom is -0.507 e. The second-order valence-corrected chi connectivity index (χ2v) is 7.51. The topological polar surface area (TPSA) is 46.2 Å². The molecule has 0 saturated heterocycles. The fourth-order valence-corrected chi connectivity index (χ4v) is 3.36. The van der Waals surface area contributed by atoms with E-state index in [0.717, 1.165) is 42.4 Å². The zero-order valence-corrected chi connectivity index (χ0v) is 14.7. The molecule has 0 spiro atoms. The van der Waals surface area contributed by atoms with E-state index in [1.165, 1.54) is 0 Å². The highest BCUT2D eigenvalue weighted by molar-refractivity contribution is 5.50. The average Bonchev–Trinajstić information content (AvgIpc) is 2.38. The molecule has 0 saturated carbocycles. The predicted octanol–water partition coefficient (Wildman–Crippen LogP) is 5.01. The van der Waals surface area contributed by atoms with Gasteiger partial charge in [0.15, 0.2) is 0 Å². The third-order valence-electron chi connectivity index (χ3n) is 4.61. The smallest absolute Gasteiger partial charge is 0.123 e. The SMILES string of the molecule is CCCC(C)(C)c1cc(CN)cc(C(C)(C)CCC)c1O. The number of aromatic hydroxyl groups is 1. The van der Waals surface area contributed by atoms with Crippen LogP contribution in [0.2, 0.25) is 0 Å². The van der Waals surface area contributed by atoms with E-state index in [4.69, 9.17) is 5.73 Å². The van der Waals surface area contributed by atoms with Gasteiger partial charge in [0.1, 0.15) is 5.75 Å². The van der Waals surface area contributed by atoms with Crippen molar-refractivity contribution in [2.24, 2.45) is 5.73 Å². The number of benzene rings is 1. The van der Waals surface area contributed by atoms with Crippen LogP contribution in [0.3, 0.4) is 0 Å². The van der Waals surface area contributed by atoms with Crippen LogP contribution in [0.15, 0.2) is 12.1 Å². The van der Waals surface area contributed by atoms with Crippen molar-refractivity contribution in [1.82, 2.24) is 0 Å². The summed E-state index contributed by atoms with van der Waals surface area (Å²) in [5.41, 5.74) is 9.05. The maximum atomic E-state index is 10.9. The lowest BCUT2D eigenvalue weighted by Crippen LogP contribution is -2.22. The molecule has 2 heteroatoms. The van der Waals surface area contributed by atoms with Crippen LogP contribution in [-0.4, -0.2) is 5.11 Å². The zero-order valence-electron chi connectivity index (χ0n) is 14.7. The highest BCUT2D eigenvalue weighted by Crippen LogP contribution is 2.43. The van der Waals surface area contributed by atoms with Gasteiger partial charge in [-0.15, -0.1) is 0 Å². The summed E-state index contributed by atoms with van der Waals surface area (Å²) < 4.78 is 0. The Bertz CT molecular complexity index is 435. The number of phenols is 1. The summed E-state index contributed by atoms with van der Waals surface area (Å²) in [6, 6.07) is 4.19. The molecule has 0 bridgehead atoms. The van der Waals surface area contributed by atoms with E-state index in [1.807, 2.05) is 0 Å². The summed E-state index contributed by atoms with van der Waals surface area (Å²) >= 11 is 0. The molecule has 0 atom stereocenters. The van der Waals surface area contributed by atoms with Crippen molar-refractivity contribution in [2.45, 2.75) is 84.6 Å². The maximum absolute atomic E-state index is 10.9. The van der Waals surface area contributed by atoms with Crippen molar-refractivity contribution in [3.8, 4) is 5.75 Å². The van der Waals surface area contributed by atoms with Gasteiger partial charge in [0.2, 0.25) is 0 Å². The van der Waals surface area contributed by atoms with Crippen molar-refractivity contribution < 1.29 is 5.11 Å². The van der Waals surface area contributed by atoms with Gasteiger partial charge in [0.05, 0.1) is 0 Å². The van der Waals surface area contributed by atoms with Gasteiger partial charge in [0.25, 0.3) is 0 Å². The second-order valence-electron chi connectivity index (χ2n) is 7.51. The van der Waals surface area contributed by atoms with Crippen LogP contribution in [0.4, 0.5) is 0 Å². The minimum absolute atomic E-state index is 0.0267. The summed E-state index contributed by atoms with van der Waals surface area (Å²) in [5, 5.41) is 10.9. The Morgan fingerprint density at radius 1 is 0.905 bits per heavy atom. The lowest BCUT2D eigenvalue weighted by atomic mass is 9.73. The third-order valence-corrected chi connectivity index (χ3v) is 4.61. The van der Waals surface area contributed by atoms with Crippen LogP contribution in [0.1, 0.15) is 83.9 Å². The standard InChI is InChI=1S/C19H33NO/c1-7-9-18(3,4)15-11-14(13-20)12-16(17(15)21)19(5,6)10-8-2/h11-12,21H,7-10,13,20H2,1-6H3. The van der Waals surface area contributed by atoms with Gasteiger partial charge in [-0.25, -0.2) is 0 Å². The molecular weight excluding hydrogens is 258 g/mol. The molecule has 0 unspecified atom stereocenters. The first kappa shape index (κ1) is 18.0. The molecule has 120 valence electrons. The van der Waals surface area contributed by atoms with Crippen molar-refractivity contribution in [3.05, 3.63) is 28.8 Å². The van der Waals surface area contributed by atoms with Crippen molar-refractivity contribution in [3.63, 3.8) is 0 Å². The second kappa shape index (κ2) is 6.83. The van der Waals surface area contributed by atoms with Crippen molar-refractivity contribution in [1.29, 1.82) is 0 Å². The van der Waals surface area contributed by atoms with Crippen LogP contribution < -0.4 is 5.73 Å². The molecule has 0 aliphatic carbocycles. The quantitative estimate of drug-likeness (QED) is 0.742. The molecule has 0 aliphatic rings. The molecular formula is C19H33NO. The molecule has 2 nitrogen and oxygen atoms in total. The zero-order chi connectivity index (χ0) is 16.3. The summed E-state index contributed by atoms with van der Waals surface area (Å²) in [6.45, 7) is 13.7. The van der Waals surface area contributed by atoms with Gasteiger partial charge in [0, 0.05) is 17.7 Å². The molecule has 0 fully saturated rings. The molecule has 1 rings (SSSR count). The number of hydrogen-bond donors (Lipinski definition) is 2. The van der Waals surface area contributed by atoms with Gasteiger partial charge >= 0.3 is 0 Å². The van der Waals surface area contributed by atoms with E-state index in [2.05, 4.69) is 53.7 Å². The van der Waals surface area contributed by atoms with Crippen LogP contribution in [0, 0.1) is 0 Å². The van der Waals surface area contributed by atoms with E-state index in [0.29, 0.717) is 12.3 Å². The molecule has 1 aromatic carbocycles. The maximum Gasteiger partial charge on any atom is 0.123 e. The Balaban J connectivity index is 3.47. The predicted molar refractivity (Wildman–Crippen MR) is 91.9 cm³/mol. The summed E-state index contributed by atoms with van der Waals surface area (Å²) in [4.78, 5) is 0. The van der Waals surface area contributed by atoms with Crippen LogP contribution in [0.5, 0.6) is 5.75 Å². The van der Waals surface area contributed by atoms with E-state index >= 15 is 0 Å².